The summed E-state index contributed by atoms with van der Waals surface area (Å²) in [5, 5.41) is 25.2. The van der Waals surface area contributed by atoms with E-state index in [0.717, 1.165) is 0 Å². The van der Waals surface area contributed by atoms with E-state index in [0.29, 0.717) is 18.8 Å². The first-order chi connectivity index (χ1) is 6.30. The van der Waals surface area contributed by atoms with Crippen LogP contribution >= 0.6 is 0 Å². The zero-order valence-corrected chi connectivity index (χ0v) is 7.30. The van der Waals surface area contributed by atoms with Crippen molar-refractivity contribution in [2.75, 3.05) is 13.2 Å². The van der Waals surface area contributed by atoms with Crippen LogP contribution in [0.25, 0.3) is 0 Å². The molecule has 0 spiro atoms. The van der Waals surface area contributed by atoms with E-state index in [9.17, 15) is 0 Å². The number of aliphatic hydroxyl groups excluding tert-OH is 2. The highest BCUT2D eigenvalue weighted by Gasteiger charge is 2.07. The molecule has 1 heterocycles. The lowest BCUT2D eigenvalue weighted by atomic mass is 10.2. The molecule has 0 aliphatic rings. The average Bonchev–Trinajstić information content (AvgIpc) is 2.61. The number of nitrogens with two attached hydrogens (primary N) is 1. The Morgan fingerprint density at radius 1 is 1.46 bits per heavy atom. The third kappa shape index (κ3) is 2.76. The molecule has 0 saturated heterocycles. The molecule has 1 rings (SSSR count). The highest BCUT2D eigenvalue weighted by atomic mass is 16.3. The summed E-state index contributed by atoms with van der Waals surface area (Å²) >= 11 is 0. The molecule has 0 saturated carbocycles. The molecule has 0 unspecified atom stereocenters. The van der Waals surface area contributed by atoms with E-state index < -0.39 is 0 Å². The highest BCUT2D eigenvalue weighted by Crippen LogP contribution is 1.99. The predicted octanol–water partition coefficient (Wildman–Crippen LogP) is -1.66. The van der Waals surface area contributed by atoms with Gasteiger partial charge in [0.25, 0.3) is 0 Å². The number of hydrogen-bond acceptors (Lipinski definition) is 5. The lowest BCUT2D eigenvalue weighted by Gasteiger charge is -2.08. The van der Waals surface area contributed by atoms with Crippen LogP contribution in [0, 0.1) is 5.92 Å². The van der Waals surface area contributed by atoms with Gasteiger partial charge >= 0.3 is 0 Å². The topological polar surface area (TPSA) is 97.2 Å². The molecule has 0 bridgehead atoms. The van der Waals surface area contributed by atoms with E-state index in [2.05, 4.69) is 10.3 Å². The molecule has 1 aromatic rings. The number of hydrogen-bond donors (Lipinski definition) is 3. The Balaban J connectivity index is 2.52. The van der Waals surface area contributed by atoms with E-state index >= 15 is 0 Å². The SMILES string of the molecule is NCc1cn(CC(CO)CO)nn1. The highest BCUT2D eigenvalue weighted by molar-refractivity contribution is 4.90. The van der Waals surface area contributed by atoms with Gasteiger partial charge in [-0.3, -0.25) is 4.68 Å². The monoisotopic (exact) mass is 186 g/mol. The summed E-state index contributed by atoms with van der Waals surface area (Å²) in [6.07, 6.45) is 1.71. The number of rotatable bonds is 5. The second kappa shape index (κ2) is 4.90. The third-order valence-electron chi connectivity index (χ3n) is 1.76. The van der Waals surface area contributed by atoms with Gasteiger partial charge in [-0.1, -0.05) is 5.21 Å². The maximum atomic E-state index is 8.81. The van der Waals surface area contributed by atoms with Crippen LogP contribution in [0.1, 0.15) is 5.69 Å². The molecule has 6 heteroatoms. The Kier molecular flexibility index (Phi) is 3.81. The fourth-order valence-corrected chi connectivity index (χ4v) is 0.959. The number of nitrogens with zero attached hydrogens (tertiary/aromatic N) is 3. The van der Waals surface area contributed by atoms with Crippen LogP contribution in [-0.2, 0) is 13.1 Å². The molecule has 0 atom stereocenters. The first-order valence-electron chi connectivity index (χ1n) is 4.11. The molecule has 0 aliphatic heterocycles. The smallest absolute Gasteiger partial charge is 0.0962 e. The Morgan fingerprint density at radius 3 is 2.62 bits per heavy atom. The second-order valence-electron chi connectivity index (χ2n) is 2.87. The van der Waals surface area contributed by atoms with Crippen molar-refractivity contribution < 1.29 is 10.2 Å². The van der Waals surface area contributed by atoms with E-state index in [1.54, 1.807) is 10.9 Å². The average molecular weight is 186 g/mol. The maximum absolute atomic E-state index is 8.81. The Morgan fingerprint density at radius 2 is 2.15 bits per heavy atom. The zero-order chi connectivity index (χ0) is 9.68. The van der Waals surface area contributed by atoms with Crippen LogP contribution in [0.5, 0.6) is 0 Å². The van der Waals surface area contributed by atoms with E-state index in [1.807, 2.05) is 0 Å². The minimum absolute atomic E-state index is 0.0612. The molecule has 4 N–H and O–H groups in total. The van der Waals surface area contributed by atoms with Crippen LogP contribution in [0.4, 0.5) is 0 Å². The van der Waals surface area contributed by atoms with Crippen LogP contribution in [0.2, 0.25) is 0 Å². The minimum atomic E-state index is -0.188. The molecule has 0 amide bonds. The summed E-state index contributed by atoms with van der Waals surface area (Å²) in [7, 11) is 0. The van der Waals surface area contributed by atoms with Crippen molar-refractivity contribution in [1.29, 1.82) is 0 Å². The summed E-state index contributed by atoms with van der Waals surface area (Å²) < 4.78 is 1.57. The maximum Gasteiger partial charge on any atom is 0.0962 e. The van der Waals surface area contributed by atoms with Crippen LogP contribution < -0.4 is 5.73 Å². The first kappa shape index (κ1) is 10.1. The van der Waals surface area contributed by atoms with Crippen LogP contribution in [-0.4, -0.2) is 38.4 Å². The van der Waals surface area contributed by atoms with Crippen molar-refractivity contribution in [3.63, 3.8) is 0 Å². The van der Waals surface area contributed by atoms with Crippen molar-refractivity contribution in [3.8, 4) is 0 Å². The molecule has 0 aromatic carbocycles. The quantitative estimate of drug-likeness (QED) is 0.511. The lowest BCUT2D eigenvalue weighted by molar-refractivity contribution is 0.134. The molecule has 1 aromatic heterocycles. The van der Waals surface area contributed by atoms with Gasteiger partial charge < -0.3 is 15.9 Å². The summed E-state index contributed by atoms with van der Waals surface area (Å²) in [6, 6.07) is 0. The summed E-state index contributed by atoms with van der Waals surface area (Å²) in [6.45, 7) is 0.686. The predicted molar refractivity (Wildman–Crippen MR) is 45.6 cm³/mol. The third-order valence-corrected chi connectivity index (χ3v) is 1.76. The molecular weight excluding hydrogens is 172 g/mol. The summed E-state index contributed by atoms with van der Waals surface area (Å²) in [4.78, 5) is 0. The molecule has 6 nitrogen and oxygen atoms in total. The number of aromatic nitrogens is 3. The van der Waals surface area contributed by atoms with Crippen molar-refractivity contribution in [3.05, 3.63) is 11.9 Å². The fourth-order valence-electron chi connectivity index (χ4n) is 0.959. The van der Waals surface area contributed by atoms with E-state index in [4.69, 9.17) is 15.9 Å². The molecule has 74 valence electrons. The molecule has 0 radical (unpaired) electrons. The van der Waals surface area contributed by atoms with Gasteiger partial charge in [0.1, 0.15) is 0 Å². The van der Waals surface area contributed by atoms with Gasteiger partial charge in [-0.2, -0.15) is 0 Å². The van der Waals surface area contributed by atoms with E-state index in [1.165, 1.54) is 0 Å². The summed E-state index contributed by atoms with van der Waals surface area (Å²) in [5.74, 6) is -0.188. The van der Waals surface area contributed by atoms with Gasteiger partial charge in [0.15, 0.2) is 0 Å². The van der Waals surface area contributed by atoms with Gasteiger partial charge in [-0.25, -0.2) is 0 Å². The van der Waals surface area contributed by atoms with Gasteiger partial charge in [-0.05, 0) is 0 Å². The van der Waals surface area contributed by atoms with Crippen LogP contribution in [0.15, 0.2) is 6.20 Å². The largest absolute Gasteiger partial charge is 0.396 e. The zero-order valence-electron chi connectivity index (χ0n) is 7.30. The molecule has 13 heavy (non-hydrogen) atoms. The van der Waals surface area contributed by atoms with Crippen molar-refractivity contribution in [2.45, 2.75) is 13.1 Å². The van der Waals surface area contributed by atoms with Gasteiger partial charge in [-0.15, -0.1) is 5.10 Å². The first-order valence-corrected chi connectivity index (χ1v) is 4.11. The lowest BCUT2D eigenvalue weighted by Crippen LogP contribution is -2.18. The standard InChI is InChI=1S/C7H14N4O2/c8-1-7-3-11(10-9-7)2-6(4-12)5-13/h3,6,12-13H,1-2,4-5,8H2. The Bertz CT molecular complexity index is 246. The normalized spacial score (nSPS) is 11.1. The van der Waals surface area contributed by atoms with Gasteiger partial charge in [0, 0.05) is 38.4 Å². The Labute approximate surface area is 76.0 Å². The molecular formula is C7H14N4O2. The second-order valence-corrected chi connectivity index (χ2v) is 2.87. The Hall–Kier alpha value is -0.980. The van der Waals surface area contributed by atoms with Crippen molar-refractivity contribution in [2.24, 2.45) is 11.7 Å². The minimum Gasteiger partial charge on any atom is -0.396 e. The van der Waals surface area contributed by atoms with Gasteiger partial charge in [0.2, 0.25) is 0 Å². The van der Waals surface area contributed by atoms with Crippen molar-refractivity contribution >= 4 is 0 Å². The van der Waals surface area contributed by atoms with Crippen molar-refractivity contribution in [1.82, 2.24) is 15.0 Å². The van der Waals surface area contributed by atoms with Gasteiger partial charge in [0.05, 0.1) is 5.69 Å². The molecule has 0 fully saturated rings. The summed E-state index contributed by atoms with van der Waals surface area (Å²) in [5.41, 5.74) is 6.05. The fraction of sp³-hybridized carbons (Fsp3) is 0.714. The molecule has 0 aliphatic carbocycles. The van der Waals surface area contributed by atoms with Crippen LogP contribution in [0.3, 0.4) is 0 Å². The number of aliphatic hydroxyl groups is 2. The van der Waals surface area contributed by atoms with E-state index in [-0.39, 0.29) is 19.1 Å².